The lowest BCUT2D eigenvalue weighted by Crippen LogP contribution is -2.32. The van der Waals surface area contributed by atoms with E-state index in [4.69, 9.17) is 21.8 Å². The number of furan rings is 1. The molecule has 6 heteroatoms. The van der Waals surface area contributed by atoms with Crippen molar-refractivity contribution in [3.05, 3.63) is 39.5 Å². The monoisotopic (exact) mass is 309 g/mol. The summed E-state index contributed by atoms with van der Waals surface area (Å²) < 4.78 is 5.42. The van der Waals surface area contributed by atoms with Gasteiger partial charge < -0.3 is 15.1 Å². The molecule has 1 aliphatic rings. The quantitative estimate of drug-likeness (QED) is 0.696. The van der Waals surface area contributed by atoms with Gasteiger partial charge in [-0.25, -0.2) is 0 Å². The van der Waals surface area contributed by atoms with Gasteiger partial charge in [0.05, 0.1) is 23.4 Å². The van der Waals surface area contributed by atoms with Crippen LogP contribution >= 0.6 is 22.9 Å². The minimum absolute atomic E-state index is 0.0123. The van der Waals surface area contributed by atoms with E-state index in [1.54, 1.807) is 17.6 Å². The lowest BCUT2D eigenvalue weighted by atomic mass is 10.1. The number of halogens is 1. The van der Waals surface area contributed by atoms with Crippen LogP contribution in [0.1, 0.15) is 34.0 Å². The van der Waals surface area contributed by atoms with Gasteiger partial charge in [-0.05, 0) is 31.5 Å². The Morgan fingerprint density at radius 1 is 1.60 bits per heavy atom. The zero-order valence-electron chi connectivity index (χ0n) is 11.3. The zero-order valence-corrected chi connectivity index (χ0v) is 12.9. The van der Waals surface area contributed by atoms with E-state index in [1.165, 1.54) is 10.4 Å². The number of alkyl halides is 1. The van der Waals surface area contributed by atoms with Crippen LogP contribution in [0, 0.1) is 6.92 Å². The first kappa shape index (κ1) is 13.7. The third-order valence-corrected chi connectivity index (χ3v) is 5.12. The van der Waals surface area contributed by atoms with Crippen LogP contribution in [0.3, 0.4) is 0 Å². The summed E-state index contributed by atoms with van der Waals surface area (Å²) in [5.41, 5.74) is 7.93. The number of fused-ring (bicyclic) bond motifs is 1. The molecule has 1 unspecified atom stereocenters. The van der Waals surface area contributed by atoms with Crippen LogP contribution in [0.5, 0.6) is 0 Å². The van der Waals surface area contributed by atoms with Crippen LogP contribution < -0.4 is 10.6 Å². The smallest absolute Gasteiger partial charge is 0.198 e. The Morgan fingerprint density at radius 2 is 2.40 bits per heavy atom. The van der Waals surface area contributed by atoms with E-state index in [-0.39, 0.29) is 6.04 Å². The Bertz CT molecular complexity index is 633. The van der Waals surface area contributed by atoms with Gasteiger partial charge >= 0.3 is 0 Å². The van der Waals surface area contributed by atoms with Crippen LogP contribution in [-0.2, 0) is 6.54 Å². The minimum atomic E-state index is -0.415. The van der Waals surface area contributed by atoms with E-state index in [1.807, 2.05) is 30.2 Å². The summed E-state index contributed by atoms with van der Waals surface area (Å²) >= 11 is 8.03. The van der Waals surface area contributed by atoms with Gasteiger partial charge in [0.2, 0.25) is 0 Å². The molecule has 0 spiro atoms. The van der Waals surface area contributed by atoms with Crippen molar-refractivity contribution in [1.82, 2.24) is 0 Å². The molecule has 2 aromatic heterocycles. The predicted molar refractivity (Wildman–Crippen MR) is 83.8 cm³/mol. The Morgan fingerprint density at radius 3 is 3.05 bits per heavy atom. The van der Waals surface area contributed by atoms with Gasteiger partial charge in [-0.3, -0.25) is 4.99 Å². The molecule has 0 aliphatic carbocycles. The van der Waals surface area contributed by atoms with E-state index >= 15 is 0 Å². The molecule has 0 amide bonds. The molecule has 2 atom stereocenters. The Hall–Kier alpha value is -1.30. The summed E-state index contributed by atoms with van der Waals surface area (Å²) in [5, 5.41) is 0. The minimum Gasteiger partial charge on any atom is -0.467 e. The summed E-state index contributed by atoms with van der Waals surface area (Å²) in [4.78, 5) is 8.68. The number of hydrogen-bond donors (Lipinski definition) is 1. The normalized spacial score (nSPS) is 19.2. The molecule has 1 aliphatic heterocycles. The van der Waals surface area contributed by atoms with Crippen LogP contribution in [0.4, 0.5) is 5.69 Å². The summed E-state index contributed by atoms with van der Waals surface area (Å²) in [5.74, 6) is 0.867. The molecule has 2 N–H and O–H groups in total. The fraction of sp³-hybridized carbons (Fsp3) is 0.357. The Kier molecular flexibility index (Phi) is 3.58. The number of rotatable bonds is 3. The van der Waals surface area contributed by atoms with E-state index in [2.05, 4.69) is 11.9 Å². The number of nitrogens with zero attached hydrogens (tertiary/aromatic N) is 2. The maximum Gasteiger partial charge on any atom is 0.198 e. The molecule has 4 nitrogen and oxygen atoms in total. The number of anilines is 1. The average Bonchev–Trinajstić information content (AvgIpc) is 3.01. The molecule has 0 saturated heterocycles. The fourth-order valence-electron chi connectivity index (χ4n) is 2.46. The number of aliphatic imine (C=N–C) groups is 1. The maximum absolute atomic E-state index is 6.35. The Labute approximate surface area is 126 Å². The van der Waals surface area contributed by atoms with Gasteiger partial charge in [-0.1, -0.05) is 11.6 Å². The van der Waals surface area contributed by atoms with Crippen molar-refractivity contribution >= 4 is 34.8 Å². The predicted octanol–water partition coefficient (Wildman–Crippen LogP) is 3.63. The van der Waals surface area contributed by atoms with Crippen molar-refractivity contribution in [3.63, 3.8) is 0 Å². The van der Waals surface area contributed by atoms with Crippen LogP contribution in [-0.4, -0.2) is 11.8 Å². The van der Waals surface area contributed by atoms with Crippen molar-refractivity contribution < 1.29 is 4.42 Å². The maximum atomic E-state index is 6.35. The lowest BCUT2D eigenvalue weighted by molar-refractivity contribution is 0.499. The molecule has 0 aromatic carbocycles. The fourth-order valence-corrected chi connectivity index (χ4v) is 3.84. The number of hydrogen-bond acceptors (Lipinski definition) is 5. The molecule has 0 radical (unpaired) electrons. The van der Waals surface area contributed by atoms with Gasteiger partial charge in [0.25, 0.3) is 0 Å². The summed E-state index contributed by atoms with van der Waals surface area (Å²) in [6.07, 6.45) is 3.51. The number of thiophene rings is 1. The molecule has 106 valence electrons. The van der Waals surface area contributed by atoms with E-state index in [0.29, 0.717) is 6.54 Å². The lowest BCUT2D eigenvalue weighted by Gasteiger charge is -2.29. The second kappa shape index (κ2) is 5.24. The van der Waals surface area contributed by atoms with E-state index in [0.717, 1.165) is 16.3 Å². The first-order valence-corrected chi connectivity index (χ1v) is 7.68. The van der Waals surface area contributed by atoms with Gasteiger partial charge in [0.1, 0.15) is 5.76 Å². The van der Waals surface area contributed by atoms with Gasteiger partial charge in [0.15, 0.2) is 5.62 Å². The molecular weight excluding hydrogens is 294 g/mol. The van der Waals surface area contributed by atoms with Crippen molar-refractivity contribution in [2.24, 2.45) is 10.7 Å². The average molecular weight is 310 g/mol. The topological polar surface area (TPSA) is 54.8 Å². The van der Waals surface area contributed by atoms with Gasteiger partial charge in [-0.15, -0.1) is 11.3 Å². The molecule has 0 fully saturated rings. The molecule has 2 aromatic rings. The van der Waals surface area contributed by atoms with Crippen LogP contribution in [0.25, 0.3) is 0 Å². The second-order valence-electron chi connectivity index (χ2n) is 4.89. The first-order valence-electron chi connectivity index (χ1n) is 6.43. The van der Waals surface area contributed by atoms with Crippen LogP contribution in [0.15, 0.2) is 27.8 Å². The molecule has 3 rings (SSSR count). The van der Waals surface area contributed by atoms with E-state index in [9.17, 15) is 0 Å². The summed E-state index contributed by atoms with van der Waals surface area (Å²) in [6, 6.07) is 3.83. The van der Waals surface area contributed by atoms with Crippen LogP contribution in [0.2, 0.25) is 0 Å². The summed E-state index contributed by atoms with van der Waals surface area (Å²) in [6.45, 7) is 4.68. The molecule has 0 saturated carbocycles. The SMILES string of the molecule is Cc1c([C@H](C)N)sc2c1N(Cc1ccco1)C(Cl)N=C2. The first-order chi connectivity index (χ1) is 9.58. The third-order valence-electron chi connectivity index (χ3n) is 3.36. The molecule has 3 heterocycles. The highest BCUT2D eigenvalue weighted by Crippen LogP contribution is 2.41. The largest absolute Gasteiger partial charge is 0.467 e. The summed E-state index contributed by atoms with van der Waals surface area (Å²) in [7, 11) is 0. The molecular formula is C14H16ClN3OS. The highest BCUT2D eigenvalue weighted by Gasteiger charge is 2.28. The highest BCUT2D eigenvalue weighted by molar-refractivity contribution is 7.14. The van der Waals surface area contributed by atoms with Crippen molar-refractivity contribution in [2.45, 2.75) is 32.1 Å². The standard InChI is InChI=1S/C14H16ClN3OS/c1-8-12-11(20-13(8)9(2)16)6-17-14(15)18(12)7-10-4-3-5-19-10/h3-6,9,14H,7,16H2,1-2H3/t9-,14?/m0/s1. The van der Waals surface area contributed by atoms with Crippen molar-refractivity contribution in [1.29, 1.82) is 0 Å². The van der Waals surface area contributed by atoms with E-state index < -0.39 is 5.62 Å². The zero-order chi connectivity index (χ0) is 14.3. The Balaban J connectivity index is 2.02. The number of nitrogens with two attached hydrogens (primary N) is 1. The van der Waals surface area contributed by atoms with Crippen molar-refractivity contribution in [3.8, 4) is 0 Å². The molecule has 20 heavy (non-hydrogen) atoms. The highest BCUT2D eigenvalue weighted by atomic mass is 35.5. The molecule has 0 bridgehead atoms. The second-order valence-corrected chi connectivity index (χ2v) is 6.36. The van der Waals surface area contributed by atoms with Gasteiger partial charge in [0, 0.05) is 17.1 Å². The third kappa shape index (κ3) is 2.26. The van der Waals surface area contributed by atoms with Gasteiger partial charge in [-0.2, -0.15) is 0 Å². The van der Waals surface area contributed by atoms with Crippen molar-refractivity contribution in [2.75, 3.05) is 4.90 Å².